The van der Waals surface area contributed by atoms with Crippen molar-refractivity contribution in [2.75, 3.05) is 13.1 Å². The third-order valence-corrected chi connectivity index (χ3v) is 5.60. The molecule has 8 heteroatoms. The second-order valence-corrected chi connectivity index (χ2v) is 7.60. The Hall–Kier alpha value is -3.26. The number of hydrogen-bond acceptors (Lipinski definition) is 5. The summed E-state index contributed by atoms with van der Waals surface area (Å²) >= 11 is 0. The Balaban J connectivity index is 1.64. The largest absolute Gasteiger partial charge is 0.439 e. The number of carbonyl (C=O) groups is 1. The molecule has 7 nitrogen and oxygen atoms in total. The van der Waals surface area contributed by atoms with Crippen molar-refractivity contribution in [3.05, 3.63) is 64.6 Å². The first-order valence-corrected chi connectivity index (χ1v) is 9.88. The second-order valence-electron chi connectivity index (χ2n) is 7.60. The molecule has 1 aromatic heterocycles. The summed E-state index contributed by atoms with van der Waals surface area (Å²) in [6.45, 7) is 2.42. The highest BCUT2D eigenvalue weighted by Crippen LogP contribution is 2.33. The minimum Gasteiger partial charge on any atom is -0.338 e. The minimum absolute atomic E-state index is 0.110. The Labute approximate surface area is 172 Å². The summed E-state index contributed by atoms with van der Waals surface area (Å²) in [5, 5.41) is 3.74. The highest BCUT2D eigenvalue weighted by molar-refractivity contribution is 5.84. The zero-order valence-corrected chi connectivity index (χ0v) is 16.5. The number of likely N-dealkylation sites (tertiary alicyclic amines) is 1. The van der Waals surface area contributed by atoms with Gasteiger partial charge in [-0.1, -0.05) is 54.5 Å². The number of aromatic amines is 1. The van der Waals surface area contributed by atoms with Crippen molar-refractivity contribution in [3.63, 3.8) is 0 Å². The molecule has 1 fully saturated rings. The molecule has 3 aromatic rings. The van der Waals surface area contributed by atoms with E-state index in [9.17, 15) is 14.0 Å². The van der Waals surface area contributed by atoms with Crippen LogP contribution in [0, 0.1) is 0 Å². The maximum atomic E-state index is 13.5. The summed E-state index contributed by atoms with van der Waals surface area (Å²) in [6, 6.07) is 14.5. The zero-order valence-electron chi connectivity index (χ0n) is 16.5. The lowest BCUT2D eigenvalue weighted by Crippen LogP contribution is -2.45. The minimum atomic E-state index is -0.977. The van der Waals surface area contributed by atoms with Crippen LogP contribution >= 0.6 is 0 Å². The molecular formula is C22H23FN4O3. The van der Waals surface area contributed by atoms with Crippen LogP contribution in [0.2, 0.25) is 0 Å². The van der Waals surface area contributed by atoms with Crippen molar-refractivity contribution < 1.29 is 13.7 Å². The van der Waals surface area contributed by atoms with Crippen molar-refractivity contribution in [3.8, 4) is 22.5 Å². The fourth-order valence-corrected chi connectivity index (χ4v) is 3.88. The van der Waals surface area contributed by atoms with Gasteiger partial charge in [0.15, 0.2) is 5.82 Å². The van der Waals surface area contributed by atoms with Gasteiger partial charge in [-0.05, 0) is 29.2 Å². The number of H-pyrrole nitrogens is 1. The van der Waals surface area contributed by atoms with E-state index in [-0.39, 0.29) is 18.4 Å². The first-order valence-electron chi connectivity index (χ1n) is 9.88. The molecule has 1 aliphatic heterocycles. The molecule has 0 unspecified atom stereocenters. The number of aromatic nitrogens is 2. The molecule has 0 aliphatic carbocycles. The number of carbonyl (C=O) groups excluding carboxylic acids is 1. The summed E-state index contributed by atoms with van der Waals surface area (Å²) < 4.78 is 18.1. The lowest BCUT2D eigenvalue weighted by atomic mass is 9.86. The van der Waals surface area contributed by atoms with Crippen LogP contribution in [-0.4, -0.2) is 46.3 Å². The SMILES string of the molecule is C[C@@H](c1ccccc1-c1cccc(-c2noc(=O)[nH]2)c1)[C@H](N)C(=O)N1CC[C@H](F)C1. The van der Waals surface area contributed by atoms with Crippen LogP contribution in [0.1, 0.15) is 24.8 Å². The van der Waals surface area contributed by atoms with Gasteiger partial charge in [0.2, 0.25) is 5.91 Å². The third kappa shape index (κ3) is 3.91. The van der Waals surface area contributed by atoms with Crippen LogP contribution in [0.5, 0.6) is 0 Å². The predicted octanol–water partition coefficient (Wildman–Crippen LogP) is 2.70. The standard InChI is InChI=1S/C22H23FN4O3/c1-13(19(24)21(28)27-10-9-16(23)12-27)17-7-2-3-8-18(17)14-5-4-6-15(11-14)20-25-22(29)30-26-20/h2-8,11,13,16,19H,9-10,12,24H2,1H3,(H,25,26,29)/t13-,16-,19-/m0/s1. The lowest BCUT2D eigenvalue weighted by molar-refractivity contribution is -0.132. The lowest BCUT2D eigenvalue weighted by Gasteiger charge is -2.26. The van der Waals surface area contributed by atoms with Crippen molar-refractivity contribution >= 4 is 5.91 Å². The maximum absolute atomic E-state index is 13.5. The van der Waals surface area contributed by atoms with Gasteiger partial charge in [0.1, 0.15) is 6.17 Å². The summed E-state index contributed by atoms with van der Waals surface area (Å²) in [5.41, 5.74) is 9.74. The van der Waals surface area contributed by atoms with Gasteiger partial charge in [-0.3, -0.25) is 14.3 Å². The van der Waals surface area contributed by atoms with Gasteiger partial charge in [-0.15, -0.1) is 0 Å². The Morgan fingerprint density at radius 2 is 2.03 bits per heavy atom. The van der Waals surface area contributed by atoms with Crippen LogP contribution in [0.15, 0.2) is 57.8 Å². The molecule has 30 heavy (non-hydrogen) atoms. The van der Waals surface area contributed by atoms with Crippen LogP contribution in [0.3, 0.4) is 0 Å². The van der Waals surface area contributed by atoms with Crippen LogP contribution in [0.25, 0.3) is 22.5 Å². The number of amides is 1. The van der Waals surface area contributed by atoms with E-state index in [4.69, 9.17) is 5.73 Å². The Morgan fingerprint density at radius 1 is 1.27 bits per heavy atom. The fourth-order valence-electron chi connectivity index (χ4n) is 3.88. The molecule has 2 aromatic carbocycles. The van der Waals surface area contributed by atoms with Gasteiger partial charge in [-0.25, -0.2) is 9.18 Å². The van der Waals surface area contributed by atoms with Crippen LogP contribution in [0.4, 0.5) is 4.39 Å². The summed E-state index contributed by atoms with van der Waals surface area (Å²) in [5.74, 6) is -0.783. The van der Waals surface area contributed by atoms with Crippen LogP contribution < -0.4 is 11.5 Å². The summed E-state index contributed by atoms with van der Waals surface area (Å²) in [4.78, 5) is 28.1. The van der Waals surface area contributed by atoms with Gasteiger partial charge in [0.05, 0.1) is 12.6 Å². The van der Waals surface area contributed by atoms with E-state index in [1.54, 1.807) is 0 Å². The molecular weight excluding hydrogens is 387 g/mol. The molecule has 2 heterocycles. The molecule has 156 valence electrons. The molecule has 0 radical (unpaired) electrons. The third-order valence-electron chi connectivity index (χ3n) is 5.60. The maximum Gasteiger partial charge on any atom is 0.439 e. The van der Waals surface area contributed by atoms with Crippen molar-refractivity contribution in [1.82, 2.24) is 15.0 Å². The molecule has 0 saturated carbocycles. The number of alkyl halides is 1. The highest BCUT2D eigenvalue weighted by Gasteiger charge is 2.32. The van der Waals surface area contributed by atoms with Gasteiger partial charge in [-0.2, -0.15) is 0 Å². The number of benzene rings is 2. The number of hydrogen-bond donors (Lipinski definition) is 2. The summed E-state index contributed by atoms with van der Waals surface area (Å²) in [7, 11) is 0. The van der Waals surface area contributed by atoms with Gasteiger partial charge >= 0.3 is 5.76 Å². The predicted molar refractivity (Wildman–Crippen MR) is 110 cm³/mol. The van der Waals surface area contributed by atoms with E-state index in [1.807, 2.05) is 55.5 Å². The molecule has 3 N–H and O–H groups in total. The number of nitrogens with two attached hydrogens (primary N) is 1. The van der Waals surface area contributed by atoms with Gasteiger partial charge in [0, 0.05) is 18.0 Å². The molecule has 3 atom stereocenters. The zero-order chi connectivity index (χ0) is 21.3. The molecule has 0 spiro atoms. The number of rotatable bonds is 5. The quantitative estimate of drug-likeness (QED) is 0.673. The molecule has 1 saturated heterocycles. The van der Waals surface area contributed by atoms with Crippen molar-refractivity contribution in [1.29, 1.82) is 0 Å². The van der Waals surface area contributed by atoms with E-state index in [1.165, 1.54) is 4.90 Å². The average molecular weight is 410 g/mol. The normalized spacial score (nSPS) is 18.4. The molecule has 0 bridgehead atoms. The Bertz CT molecular complexity index is 1110. The van der Waals surface area contributed by atoms with E-state index in [0.717, 1.165) is 16.7 Å². The highest BCUT2D eigenvalue weighted by atomic mass is 19.1. The smallest absolute Gasteiger partial charge is 0.338 e. The topological polar surface area (TPSA) is 105 Å². The van der Waals surface area contributed by atoms with Crippen LogP contribution in [-0.2, 0) is 4.79 Å². The first kappa shape index (κ1) is 20.0. The fraction of sp³-hybridized carbons (Fsp3) is 0.318. The van der Waals surface area contributed by atoms with E-state index < -0.39 is 18.0 Å². The molecule has 1 aliphatic rings. The molecule has 1 amide bonds. The second kappa shape index (κ2) is 8.23. The number of nitrogens with zero attached hydrogens (tertiary/aromatic N) is 2. The number of nitrogens with one attached hydrogen (secondary N) is 1. The van der Waals surface area contributed by atoms with E-state index in [0.29, 0.717) is 24.4 Å². The Morgan fingerprint density at radius 3 is 2.73 bits per heavy atom. The van der Waals surface area contributed by atoms with E-state index >= 15 is 0 Å². The first-order chi connectivity index (χ1) is 14.4. The number of halogens is 1. The monoisotopic (exact) mass is 410 g/mol. The molecule has 4 rings (SSSR count). The van der Waals surface area contributed by atoms with Crippen molar-refractivity contribution in [2.24, 2.45) is 5.73 Å². The van der Waals surface area contributed by atoms with Gasteiger partial charge in [0.25, 0.3) is 0 Å². The van der Waals surface area contributed by atoms with E-state index in [2.05, 4.69) is 14.7 Å². The van der Waals surface area contributed by atoms with Crippen molar-refractivity contribution in [2.45, 2.75) is 31.5 Å². The average Bonchev–Trinajstić information content (AvgIpc) is 3.40. The summed E-state index contributed by atoms with van der Waals surface area (Å²) in [6.07, 6.45) is -0.616. The Kier molecular flexibility index (Phi) is 5.50. The van der Waals surface area contributed by atoms with Gasteiger partial charge < -0.3 is 10.6 Å².